The number of ether oxygens (including phenoxy) is 1. The van der Waals surface area contributed by atoms with Gasteiger partial charge in [0.2, 0.25) is 0 Å². The van der Waals surface area contributed by atoms with Crippen molar-refractivity contribution in [2.75, 3.05) is 11.4 Å². The Morgan fingerprint density at radius 1 is 1.17 bits per heavy atom. The highest BCUT2D eigenvalue weighted by molar-refractivity contribution is 6.30. The van der Waals surface area contributed by atoms with Gasteiger partial charge in [0.05, 0.1) is 22.5 Å². The summed E-state index contributed by atoms with van der Waals surface area (Å²) in [5.41, 5.74) is 6.29. The van der Waals surface area contributed by atoms with E-state index in [9.17, 15) is 9.90 Å². The maximum atomic E-state index is 12.7. The monoisotopic (exact) mass is 507 g/mol. The van der Waals surface area contributed by atoms with Gasteiger partial charge < -0.3 is 18.8 Å². The van der Waals surface area contributed by atoms with Crippen LogP contribution in [0.4, 0.5) is 11.7 Å². The minimum Gasteiger partial charge on any atom is -0.479 e. The lowest BCUT2D eigenvalue weighted by Gasteiger charge is -2.34. The molecule has 1 aliphatic rings. The molecule has 2 aromatic heterocycles. The third kappa shape index (κ3) is 4.06. The average Bonchev–Trinajstić information content (AvgIpc) is 3.38. The number of hydrogen-bond donors (Lipinski definition) is 1. The Labute approximate surface area is 215 Å². The van der Waals surface area contributed by atoms with Crippen molar-refractivity contribution in [3.05, 3.63) is 64.1 Å². The molecule has 4 aromatic rings. The quantitative estimate of drug-likeness (QED) is 0.314. The van der Waals surface area contributed by atoms with Crippen molar-refractivity contribution in [3.63, 3.8) is 0 Å². The molecule has 1 atom stereocenters. The van der Waals surface area contributed by atoms with E-state index in [1.54, 1.807) is 6.26 Å². The fraction of sp³-hybridized carbons (Fsp3) is 0.357. The molecule has 0 saturated heterocycles. The molecule has 1 N–H and O–H groups in total. The van der Waals surface area contributed by atoms with Crippen molar-refractivity contribution in [1.29, 1.82) is 0 Å². The second kappa shape index (κ2) is 8.68. The molecule has 0 aliphatic carbocycles. The van der Waals surface area contributed by atoms with Gasteiger partial charge in [-0.25, -0.2) is 4.79 Å². The molecule has 0 amide bonds. The van der Waals surface area contributed by atoms with E-state index >= 15 is 0 Å². The van der Waals surface area contributed by atoms with Crippen LogP contribution in [-0.4, -0.2) is 32.8 Å². The largest absolute Gasteiger partial charge is 0.479 e. The highest BCUT2D eigenvalue weighted by atomic mass is 35.5. The van der Waals surface area contributed by atoms with Gasteiger partial charge in [0, 0.05) is 34.8 Å². The van der Waals surface area contributed by atoms with Gasteiger partial charge in [-0.3, -0.25) is 4.90 Å². The van der Waals surface area contributed by atoms with Crippen molar-refractivity contribution < 1.29 is 19.1 Å². The van der Waals surface area contributed by atoms with Crippen molar-refractivity contribution in [1.82, 2.24) is 9.55 Å². The number of carboxylic acids is 1. The van der Waals surface area contributed by atoms with E-state index in [4.69, 9.17) is 20.8 Å². The first kappa shape index (κ1) is 24.4. The minimum absolute atomic E-state index is 0.496. The van der Waals surface area contributed by atoms with Gasteiger partial charge in [0.1, 0.15) is 6.26 Å². The Kier molecular flexibility index (Phi) is 5.88. The van der Waals surface area contributed by atoms with Crippen molar-refractivity contribution in [2.24, 2.45) is 0 Å². The lowest BCUT2D eigenvalue weighted by Crippen LogP contribution is -2.31. The van der Waals surface area contributed by atoms with Crippen LogP contribution in [0.3, 0.4) is 0 Å². The van der Waals surface area contributed by atoms with Crippen LogP contribution in [-0.2, 0) is 16.1 Å². The number of oxazole rings is 1. The number of carbonyl (C=O) groups is 1. The summed E-state index contributed by atoms with van der Waals surface area (Å²) in [7, 11) is 0. The third-order valence-electron chi connectivity index (χ3n) is 6.57. The number of aryl methyl sites for hydroxylation is 2. The molecule has 0 fully saturated rings. The van der Waals surface area contributed by atoms with Crippen molar-refractivity contribution >= 4 is 40.2 Å². The molecule has 36 heavy (non-hydrogen) atoms. The lowest BCUT2D eigenvalue weighted by molar-refractivity contribution is -0.160. The minimum atomic E-state index is -1.19. The van der Waals surface area contributed by atoms with E-state index in [0.29, 0.717) is 23.1 Å². The van der Waals surface area contributed by atoms with Gasteiger partial charge in [-0.05, 0) is 76.4 Å². The zero-order valence-corrected chi connectivity index (χ0v) is 22.1. The van der Waals surface area contributed by atoms with Gasteiger partial charge >= 0.3 is 12.0 Å². The molecule has 2 aromatic carbocycles. The molecule has 5 rings (SSSR count). The summed E-state index contributed by atoms with van der Waals surface area (Å²) in [4.78, 5) is 19.4. The predicted molar refractivity (Wildman–Crippen MR) is 141 cm³/mol. The zero-order valence-electron chi connectivity index (χ0n) is 21.3. The number of hydrogen-bond acceptors (Lipinski definition) is 5. The standard InChI is InChI=1S/C28H30ClN3O4/c1-15-14-35-27(30-15)32-12-11-31-16(2)13-20-22(18-7-9-19(29)10-8-18)21(17(3)23(32)24(20)31)25(26(33)34)36-28(4,5)6/h7-10,13-14,25H,11-12H2,1-6H3,(H,33,34)/t25-/m0/s1. The van der Waals surface area contributed by atoms with Gasteiger partial charge in [-0.1, -0.05) is 23.7 Å². The van der Waals surface area contributed by atoms with E-state index < -0.39 is 17.7 Å². The van der Waals surface area contributed by atoms with Crippen LogP contribution in [0.1, 0.15) is 49.4 Å². The number of nitrogens with zero attached hydrogens (tertiary/aromatic N) is 3. The molecule has 0 saturated carbocycles. The molecule has 0 bridgehead atoms. The maximum absolute atomic E-state index is 12.7. The van der Waals surface area contributed by atoms with E-state index in [1.807, 2.05) is 58.9 Å². The molecule has 0 unspecified atom stereocenters. The van der Waals surface area contributed by atoms with E-state index in [1.165, 1.54) is 0 Å². The molecule has 188 valence electrons. The molecular weight excluding hydrogens is 478 g/mol. The van der Waals surface area contributed by atoms with Crippen molar-refractivity contribution in [2.45, 2.75) is 59.8 Å². The second-order valence-electron chi connectivity index (χ2n) is 10.3. The fourth-order valence-corrected chi connectivity index (χ4v) is 5.32. The topological polar surface area (TPSA) is 80.7 Å². The Morgan fingerprint density at radius 2 is 1.86 bits per heavy atom. The Balaban J connectivity index is 1.91. The van der Waals surface area contributed by atoms with Crippen LogP contribution < -0.4 is 4.90 Å². The molecule has 8 heteroatoms. The smallest absolute Gasteiger partial charge is 0.337 e. The number of aromatic nitrogens is 2. The summed E-state index contributed by atoms with van der Waals surface area (Å²) in [6.07, 6.45) is 0.446. The van der Waals surface area contributed by atoms with Crippen LogP contribution in [0.25, 0.3) is 22.0 Å². The van der Waals surface area contributed by atoms with Crippen LogP contribution in [0.15, 0.2) is 41.0 Å². The first-order chi connectivity index (χ1) is 17.0. The predicted octanol–water partition coefficient (Wildman–Crippen LogP) is 6.97. The van der Waals surface area contributed by atoms with Gasteiger partial charge in [0.25, 0.3) is 0 Å². The number of halogens is 1. The highest BCUT2D eigenvalue weighted by Gasteiger charge is 2.37. The summed E-state index contributed by atoms with van der Waals surface area (Å²) < 4.78 is 14.3. The summed E-state index contributed by atoms with van der Waals surface area (Å²) in [6, 6.07) is 10.1. The third-order valence-corrected chi connectivity index (χ3v) is 6.82. The number of rotatable bonds is 5. The average molecular weight is 508 g/mol. The number of aliphatic carboxylic acids is 1. The Bertz CT molecular complexity index is 1480. The van der Waals surface area contributed by atoms with E-state index in [0.717, 1.165) is 51.2 Å². The Hall–Kier alpha value is -3.29. The van der Waals surface area contributed by atoms with Crippen LogP contribution in [0, 0.1) is 20.8 Å². The summed E-state index contributed by atoms with van der Waals surface area (Å²) >= 11 is 6.22. The highest BCUT2D eigenvalue weighted by Crippen LogP contribution is 2.49. The van der Waals surface area contributed by atoms with E-state index in [-0.39, 0.29) is 0 Å². The number of benzene rings is 2. The zero-order chi connectivity index (χ0) is 25.9. The van der Waals surface area contributed by atoms with Gasteiger partial charge in [-0.2, -0.15) is 4.98 Å². The molecule has 7 nitrogen and oxygen atoms in total. The first-order valence-electron chi connectivity index (χ1n) is 12.0. The summed E-state index contributed by atoms with van der Waals surface area (Å²) in [5.74, 6) is -1.04. The number of anilines is 2. The number of carboxylic acid groups (broad SMARTS) is 1. The SMILES string of the molecule is Cc1coc(N2CCn3c(C)cc4c(-c5ccc(Cl)cc5)c([C@H](OC(C)(C)C)C(=O)O)c(C)c2c43)n1. The lowest BCUT2D eigenvalue weighted by atomic mass is 9.87. The van der Waals surface area contributed by atoms with Gasteiger partial charge in [0.15, 0.2) is 6.10 Å². The maximum Gasteiger partial charge on any atom is 0.337 e. The van der Waals surface area contributed by atoms with E-state index in [2.05, 4.69) is 27.4 Å². The fourth-order valence-electron chi connectivity index (χ4n) is 5.19. The van der Waals surface area contributed by atoms with Gasteiger partial charge in [-0.15, -0.1) is 0 Å². The van der Waals surface area contributed by atoms with Crippen LogP contribution in [0.2, 0.25) is 5.02 Å². The van der Waals surface area contributed by atoms with Crippen molar-refractivity contribution in [3.8, 4) is 11.1 Å². The second-order valence-corrected chi connectivity index (χ2v) is 10.8. The molecule has 0 spiro atoms. The molecular formula is C28H30ClN3O4. The summed E-state index contributed by atoms with van der Waals surface area (Å²) in [6.45, 7) is 12.9. The molecule has 0 radical (unpaired) electrons. The normalized spacial score (nSPS) is 14.5. The summed E-state index contributed by atoms with van der Waals surface area (Å²) in [5, 5.41) is 12.0. The Morgan fingerprint density at radius 3 is 2.44 bits per heavy atom. The first-order valence-corrected chi connectivity index (χ1v) is 12.4. The molecule has 1 aliphatic heterocycles. The van der Waals surface area contributed by atoms with Crippen LogP contribution >= 0.6 is 11.6 Å². The molecule has 3 heterocycles. The van der Waals surface area contributed by atoms with Crippen LogP contribution in [0.5, 0.6) is 0 Å².